The Balaban J connectivity index is 2.00. The summed E-state index contributed by atoms with van der Waals surface area (Å²) in [6.45, 7) is 2.56. The van der Waals surface area contributed by atoms with Crippen LogP contribution in [0.15, 0.2) is 18.2 Å². The molecule has 0 bridgehead atoms. The predicted molar refractivity (Wildman–Crippen MR) is 67.4 cm³/mol. The number of halogens is 1. The minimum Gasteiger partial charge on any atom is -0.487 e. The normalized spacial score (nSPS) is 21.2. The van der Waals surface area contributed by atoms with Crippen molar-refractivity contribution in [2.24, 2.45) is 0 Å². The van der Waals surface area contributed by atoms with Gasteiger partial charge in [0.25, 0.3) is 0 Å². The molecule has 2 N–H and O–H groups in total. The van der Waals surface area contributed by atoms with Gasteiger partial charge in [0, 0.05) is 6.54 Å². The summed E-state index contributed by atoms with van der Waals surface area (Å²) in [5.41, 5.74) is 0.888. The number of rotatable bonds is 4. The quantitative estimate of drug-likeness (QED) is 0.807. The maximum Gasteiger partial charge on any atom is 0.126 e. The molecule has 0 saturated carbocycles. The monoisotopic (exact) mass is 257 g/mol. The Kier molecular flexibility index (Phi) is 4.32. The van der Waals surface area contributed by atoms with Gasteiger partial charge in [0.1, 0.15) is 23.8 Å². The molecule has 0 aromatic heterocycles. The van der Waals surface area contributed by atoms with E-state index in [0.29, 0.717) is 21.0 Å². The maximum atomic E-state index is 13.0. The SMILES string of the molecule is CPNCC(O)[C@@H]1CCc2cc(F)ccc2O1. The third kappa shape index (κ3) is 3.15. The zero-order valence-electron chi connectivity index (χ0n) is 9.74. The van der Waals surface area contributed by atoms with Gasteiger partial charge in [-0.1, -0.05) is 8.73 Å². The maximum absolute atomic E-state index is 13.0. The second kappa shape index (κ2) is 5.76. The number of aliphatic hydroxyl groups is 1. The highest BCUT2D eigenvalue weighted by Gasteiger charge is 2.26. The van der Waals surface area contributed by atoms with E-state index < -0.39 is 6.10 Å². The van der Waals surface area contributed by atoms with Gasteiger partial charge in [0.15, 0.2) is 0 Å². The largest absolute Gasteiger partial charge is 0.487 e. The molecular weight excluding hydrogens is 240 g/mol. The van der Waals surface area contributed by atoms with E-state index in [1.54, 1.807) is 6.07 Å². The van der Waals surface area contributed by atoms with Crippen LogP contribution < -0.4 is 9.82 Å². The molecule has 3 nitrogen and oxygen atoms in total. The summed E-state index contributed by atoms with van der Waals surface area (Å²) in [6, 6.07) is 4.53. The average molecular weight is 257 g/mol. The first-order valence-electron chi connectivity index (χ1n) is 5.73. The topological polar surface area (TPSA) is 41.5 Å². The van der Waals surface area contributed by atoms with Gasteiger partial charge in [-0.3, -0.25) is 5.09 Å². The Labute approximate surface area is 102 Å². The third-order valence-electron chi connectivity index (χ3n) is 2.92. The van der Waals surface area contributed by atoms with Gasteiger partial charge in [0.2, 0.25) is 0 Å². The van der Waals surface area contributed by atoms with Crippen molar-refractivity contribution in [3.8, 4) is 5.75 Å². The molecule has 0 radical (unpaired) electrons. The van der Waals surface area contributed by atoms with Crippen LogP contribution in [0.1, 0.15) is 12.0 Å². The fourth-order valence-corrected chi connectivity index (χ4v) is 2.40. The summed E-state index contributed by atoms with van der Waals surface area (Å²) in [4.78, 5) is 0. The van der Waals surface area contributed by atoms with Crippen LogP contribution in [-0.4, -0.2) is 30.5 Å². The molecule has 2 rings (SSSR count). The predicted octanol–water partition coefficient (Wildman–Crippen LogP) is 1.69. The Morgan fingerprint density at radius 1 is 1.65 bits per heavy atom. The van der Waals surface area contributed by atoms with Crippen molar-refractivity contribution in [3.63, 3.8) is 0 Å². The van der Waals surface area contributed by atoms with Crippen LogP contribution >= 0.6 is 8.73 Å². The standard InChI is InChI=1S/C12H17FNO2P/c1-17-14-7-10(15)12-4-2-8-6-9(13)3-5-11(8)16-12/h3,5-6,10,12,14-15,17H,2,4,7H2,1H3/t10?,12-/m0/s1. The van der Waals surface area contributed by atoms with Gasteiger partial charge < -0.3 is 9.84 Å². The van der Waals surface area contributed by atoms with Crippen molar-refractivity contribution in [2.45, 2.75) is 25.0 Å². The van der Waals surface area contributed by atoms with Gasteiger partial charge in [-0.05, 0) is 43.3 Å². The van der Waals surface area contributed by atoms with E-state index in [9.17, 15) is 9.50 Å². The number of aryl methyl sites for hydroxylation is 1. The number of hydrogen-bond donors (Lipinski definition) is 2. The van der Waals surface area contributed by atoms with Crippen molar-refractivity contribution in [1.29, 1.82) is 0 Å². The summed E-state index contributed by atoms with van der Waals surface area (Å²) in [5, 5.41) is 13.0. The van der Waals surface area contributed by atoms with Gasteiger partial charge >= 0.3 is 0 Å². The van der Waals surface area contributed by atoms with Crippen molar-refractivity contribution in [1.82, 2.24) is 5.09 Å². The number of hydrogen-bond acceptors (Lipinski definition) is 3. The van der Waals surface area contributed by atoms with Crippen molar-refractivity contribution >= 4 is 8.73 Å². The first-order chi connectivity index (χ1) is 8.20. The highest BCUT2D eigenvalue weighted by atomic mass is 31.1. The van der Waals surface area contributed by atoms with E-state index in [2.05, 4.69) is 5.09 Å². The van der Waals surface area contributed by atoms with Gasteiger partial charge in [-0.2, -0.15) is 0 Å². The van der Waals surface area contributed by atoms with Crippen LogP contribution in [0.3, 0.4) is 0 Å². The smallest absolute Gasteiger partial charge is 0.126 e. The molecule has 1 aromatic rings. The molecule has 0 amide bonds. The second-order valence-electron chi connectivity index (χ2n) is 4.15. The lowest BCUT2D eigenvalue weighted by molar-refractivity contribution is 0.0277. The molecule has 94 valence electrons. The third-order valence-corrected chi connectivity index (χ3v) is 3.47. The van der Waals surface area contributed by atoms with Crippen molar-refractivity contribution in [3.05, 3.63) is 29.6 Å². The lowest BCUT2D eigenvalue weighted by Crippen LogP contribution is -2.40. The molecule has 0 aliphatic carbocycles. The zero-order valence-corrected chi connectivity index (χ0v) is 10.7. The van der Waals surface area contributed by atoms with Crippen molar-refractivity contribution in [2.75, 3.05) is 13.2 Å². The van der Waals surface area contributed by atoms with E-state index in [4.69, 9.17) is 4.74 Å². The minimum atomic E-state index is -0.513. The van der Waals surface area contributed by atoms with E-state index in [0.717, 1.165) is 18.4 Å². The highest BCUT2D eigenvalue weighted by molar-refractivity contribution is 7.34. The zero-order chi connectivity index (χ0) is 12.3. The molecular formula is C12H17FNO2P. The van der Waals surface area contributed by atoms with Crippen molar-refractivity contribution < 1.29 is 14.2 Å². The number of nitrogens with one attached hydrogen (secondary N) is 1. The van der Waals surface area contributed by atoms with E-state index >= 15 is 0 Å². The Bertz CT molecular complexity index is 389. The lowest BCUT2D eigenvalue weighted by atomic mass is 9.99. The molecule has 0 saturated heterocycles. The number of ether oxygens (including phenoxy) is 1. The van der Waals surface area contributed by atoms with Crippen LogP contribution in [0.25, 0.3) is 0 Å². The fraction of sp³-hybridized carbons (Fsp3) is 0.500. The molecule has 17 heavy (non-hydrogen) atoms. The average Bonchev–Trinajstić information content (AvgIpc) is 2.35. The second-order valence-corrected chi connectivity index (χ2v) is 5.00. The number of aliphatic hydroxyl groups excluding tert-OH is 1. The summed E-state index contributed by atoms with van der Waals surface area (Å²) < 4.78 is 18.7. The molecule has 1 aliphatic rings. The van der Waals surface area contributed by atoms with Gasteiger partial charge in [-0.25, -0.2) is 4.39 Å². The lowest BCUT2D eigenvalue weighted by Gasteiger charge is -2.29. The summed E-state index contributed by atoms with van der Waals surface area (Å²) in [6.07, 6.45) is 0.771. The Hall–Kier alpha value is -0.700. The Morgan fingerprint density at radius 3 is 3.24 bits per heavy atom. The van der Waals surface area contributed by atoms with Gasteiger partial charge in [-0.15, -0.1) is 0 Å². The summed E-state index contributed by atoms with van der Waals surface area (Å²) >= 11 is 0. The van der Waals surface area contributed by atoms with E-state index in [1.165, 1.54) is 12.1 Å². The van der Waals surface area contributed by atoms with Crippen LogP contribution in [-0.2, 0) is 6.42 Å². The number of benzene rings is 1. The fourth-order valence-electron chi connectivity index (χ4n) is 1.99. The molecule has 5 heteroatoms. The molecule has 1 heterocycles. The highest BCUT2D eigenvalue weighted by Crippen LogP contribution is 2.29. The molecule has 0 spiro atoms. The van der Waals surface area contributed by atoms with Crippen LogP contribution in [0.5, 0.6) is 5.75 Å². The van der Waals surface area contributed by atoms with E-state index in [1.807, 2.05) is 6.66 Å². The van der Waals surface area contributed by atoms with Gasteiger partial charge in [0.05, 0.1) is 0 Å². The molecule has 3 atom stereocenters. The first kappa shape index (κ1) is 12.7. The van der Waals surface area contributed by atoms with E-state index in [-0.39, 0.29) is 11.9 Å². The first-order valence-corrected chi connectivity index (χ1v) is 7.23. The molecule has 1 aromatic carbocycles. The molecule has 2 unspecified atom stereocenters. The molecule has 1 aliphatic heterocycles. The van der Waals surface area contributed by atoms with Crippen LogP contribution in [0.2, 0.25) is 0 Å². The Morgan fingerprint density at radius 2 is 2.47 bits per heavy atom. The van der Waals surface area contributed by atoms with Crippen LogP contribution in [0.4, 0.5) is 4.39 Å². The molecule has 0 fully saturated rings. The minimum absolute atomic E-state index is 0.197. The summed E-state index contributed by atoms with van der Waals surface area (Å²) in [5.74, 6) is 0.459. The number of fused-ring (bicyclic) bond motifs is 1. The van der Waals surface area contributed by atoms with Crippen LogP contribution in [0, 0.1) is 5.82 Å². The summed E-state index contributed by atoms with van der Waals surface area (Å²) in [7, 11) is 0.611.